The van der Waals surface area contributed by atoms with E-state index in [1.165, 1.54) is 263 Å². The van der Waals surface area contributed by atoms with Gasteiger partial charge in [0.1, 0.15) is 19.3 Å². The molecule has 0 radical (unpaired) electrons. The molecule has 0 rings (SSSR count). The van der Waals surface area contributed by atoms with Crippen LogP contribution in [0.15, 0.2) is 0 Å². The van der Waals surface area contributed by atoms with Crippen molar-refractivity contribution in [3.8, 4) is 0 Å². The third-order valence-electron chi connectivity index (χ3n) is 21.2. The maximum atomic E-state index is 13.2. The van der Waals surface area contributed by atoms with Crippen molar-refractivity contribution in [2.24, 2.45) is 23.7 Å². The average molecular weight is 1580 g/mol. The smallest absolute Gasteiger partial charge is 0.462 e. The predicted molar refractivity (Wildman–Crippen MR) is 446 cm³/mol. The van der Waals surface area contributed by atoms with Crippen LogP contribution in [0.4, 0.5) is 0 Å². The van der Waals surface area contributed by atoms with E-state index in [2.05, 4.69) is 55.4 Å². The minimum Gasteiger partial charge on any atom is -0.462 e. The quantitative estimate of drug-likeness (QED) is 0.0222. The van der Waals surface area contributed by atoms with Gasteiger partial charge >= 0.3 is 39.5 Å². The highest BCUT2D eigenvalue weighted by atomic mass is 31.2. The highest BCUT2D eigenvalue weighted by molar-refractivity contribution is 7.47. The molecule has 0 amide bonds. The number of aliphatic hydroxyl groups excluding tert-OH is 1. The highest BCUT2D eigenvalue weighted by Crippen LogP contribution is 2.45. The van der Waals surface area contributed by atoms with Crippen molar-refractivity contribution in [1.82, 2.24) is 0 Å². The first-order valence-corrected chi connectivity index (χ1v) is 48.7. The fraction of sp³-hybridized carbons (Fsp3) is 0.955. The van der Waals surface area contributed by atoms with Gasteiger partial charge in [0.25, 0.3) is 0 Å². The molecule has 19 heteroatoms. The molecule has 6 atom stereocenters. The number of phosphoric ester groups is 2. The average Bonchev–Trinajstić information content (AvgIpc) is 0.904. The van der Waals surface area contributed by atoms with Crippen molar-refractivity contribution in [3.63, 3.8) is 0 Å². The number of unbranched alkanes of at least 4 members (excludes halogenated alkanes) is 51. The summed E-state index contributed by atoms with van der Waals surface area (Å²) in [6.45, 7) is 14.4. The van der Waals surface area contributed by atoms with E-state index in [0.717, 1.165) is 114 Å². The van der Waals surface area contributed by atoms with E-state index >= 15 is 0 Å². The first-order chi connectivity index (χ1) is 52.1. The third kappa shape index (κ3) is 80.7. The number of rotatable bonds is 86. The van der Waals surface area contributed by atoms with Crippen molar-refractivity contribution in [1.29, 1.82) is 0 Å². The van der Waals surface area contributed by atoms with Gasteiger partial charge in [-0.25, -0.2) is 9.13 Å². The van der Waals surface area contributed by atoms with E-state index < -0.39 is 97.5 Å². The van der Waals surface area contributed by atoms with Gasteiger partial charge in [0.2, 0.25) is 0 Å². The van der Waals surface area contributed by atoms with Gasteiger partial charge in [0.05, 0.1) is 26.4 Å². The molecule has 108 heavy (non-hydrogen) atoms. The first-order valence-electron chi connectivity index (χ1n) is 45.7. The number of hydrogen-bond acceptors (Lipinski definition) is 15. The fourth-order valence-corrected chi connectivity index (χ4v) is 15.4. The number of hydrogen-bond donors (Lipinski definition) is 3. The lowest BCUT2D eigenvalue weighted by atomic mass is 9.99. The third-order valence-corrected chi connectivity index (χ3v) is 23.1. The summed E-state index contributed by atoms with van der Waals surface area (Å²) in [6, 6.07) is 0. The van der Waals surface area contributed by atoms with Crippen molar-refractivity contribution < 1.29 is 80.2 Å². The lowest BCUT2D eigenvalue weighted by molar-refractivity contribution is -0.161. The molecule has 0 aliphatic rings. The van der Waals surface area contributed by atoms with E-state index in [-0.39, 0.29) is 25.7 Å². The Morgan fingerprint density at radius 3 is 0.657 bits per heavy atom. The van der Waals surface area contributed by atoms with Crippen LogP contribution in [0.2, 0.25) is 0 Å². The SMILES string of the molecule is CCC(C)CCCCCCCCCCCCCCCCC(=O)O[C@H](COC(=O)CCCCCCCCCC(C)C)COP(=O)(O)OCC(O)COP(=O)(O)OC[C@@H](COC(=O)CCCCCCCCCCCCCCCCCCC(C)C)OC(=O)CCCCCCCCCCCCCCCCCCCCC(C)C. The van der Waals surface area contributed by atoms with Crippen molar-refractivity contribution in [2.75, 3.05) is 39.6 Å². The molecule has 0 fully saturated rings. The number of ether oxygens (including phenoxy) is 4. The summed E-state index contributed by atoms with van der Waals surface area (Å²) < 4.78 is 69.0. The molecule has 0 aliphatic heterocycles. The van der Waals surface area contributed by atoms with E-state index in [0.29, 0.717) is 31.6 Å². The lowest BCUT2D eigenvalue weighted by Gasteiger charge is -2.21. The fourth-order valence-electron chi connectivity index (χ4n) is 13.8. The number of carbonyl (C=O) groups is 4. The Bertz CT molecular complexity index is 2100. The molecule has 4 unspecified atom stereocenters. The van der Waals surface area contributed by atoms with Crippen molar-refractivity contribution >= 4 is 39.5 Å². The summed E-state index contributed by atoms with van der Waals surface area (Å²) in [6.07, 6.45) is 68.1. The van der Waals surface area contributed by atoms with E-state index in [1.807, 2.05) is 0 Å². The van der Waals surface area contributed by atoms with Crippen LogP contribution in [0.5, 0.6) is 0 Å². The molecule has 0 spiro atoms. The first kappa shape index (κ1) is 106. The summed E-state index contributed by atoms with van der Waals surface area (Å²) in [5.41, 5.74) is 0. The molecule has 0 bridgehead atoms. The summed E-state index contributed by atoms with van der Waals surface area (Å²) >= 11 is 0. The Balaban J connectivity index is 5.23. The van der Waals surface area contributed by atoms with Crippen LogP contribution in [-0.4, -0.2) is 96.7 Å². The summed E-state index contributed by atoms with van der Waals surface area (Å²) in [5.74, 6) is 1.08. The molecule has 0 saturated carbocycles. The second kappa shape index (κ2) is 77.6. The second-order valence-electron chi connectivity index (χ2n) is 33.7. The van der Waals surface area contributed by atoms with Crippen molar-refractivity contribution in [2.45, 2.75) is 485 Å². The van der Waals surface area contributed by atoms with Gasteiger partial charge in [0.15, 0.2) is 12.2 Å². The van der Waals surface area contributed by atoms with E-state index in [1.54, 1.807) is 0 Å². The van der Waals surface area contributed by atoms with Crippen LogP contribution in [0.1, 0.15) is 466 Å². The molecule has 0 aromatic rings. The zero-order valence-corrected chi connectivity index (χ0v) is 73.3. The van der Waals surface area contributed by atoms with Crippen LogP contribution in [-0.2, 0) is 65.4 Å². The highest BCUT2D eigenvalue weighted by Gasteiger charge is 2.31. The van der Waals surface area contributed by atoms with Crippen LogP contribution in [0.25, 0.3) is 0 Å². The molecule has 0 aromatic heterocycles. The Labute approximate surface area is 664 Å². The maximum Gasteiger partial charge on any atom is 0.472 e. The van der Waals surface area contributed by atoms with Crippen LogP contribution < -0.4 is 0 Å². The molecular formula is C89H174O17P2. The maximum absolute atomic E-state index is 13.2. The largest absolute Gasteiger partial charge is 0.472 e. The normalized spacial score (nSPS) is 14.1. The minimum atomic E-state index is -4.97. The molecule has 3 N–H and O–H groups in total. The van der Waals surface area contributed by atoms with Crippen LogP contribution >= 0.6 is 15.6 Å². The second-order valence-corrected chi connectivity index (χ2v) is 36.6. The Hall–Kier alpha value is -1.94. The van der Waals surface area contributed by atoms with Gasteiger partial charge in [-0.2, -0.15) is 0 Å². The Kier molecular flexibility index (Phi) is 76.2. The summed E-state index contributed by atoms with van der Waals surface area (Å²) in [4.78, 5) is 73.3. The Morgan fingerprint density at radius 1 is 0.259 bits per heavy atom. The molecule has 0 aliphatic carbocycles. The zero-order chi connectivity index (χ0) is 79.5. The van der Waals surface area contributed by atoms with Crippen LogP contribution in [0.3, 0.4) is 0 Å². The van der Waals surface area contributed by atoms with Gasteiger partial charge < -0.3 is 33.8 Å². The number of phosphoric acid groups is 2. The van der Waals surface area contributed by atoms with E-state index in [4.69, 9.17) is 37.0 Å². The molecule has 0 aromatic carbocycles. The van der Waals surface area contributed by atoms with E-state index in [9.17, 15) is 43.2 Å². The predicted octanol–water partition coefficient (Wildman–Crippen LogP) is 27.1. The molecule has 0 saturated heterocycles. The van der Waals surface area contributed by atoms with Crippen LogP contribution in [0, 0.1) is 23.7 Å². The topological polar surface area (TPSA) is 237 Å². The molecule has 0 heterocycles. The van der Waals surface area contributed by atoms with Crippen molar-refractivity contribution in [3.05, 3.63) is 0 Å². The molecule has 642 valence electrons. The monoisotopic (exact) mass is 1580 g/mol. The molecular weight excluding hydrogens is 1400 g/mol. The summed E-state index contributed by atoms with van der Waals surface area (Å²) in [5, 5.41) is 10.7. The zero-order valence-electron chi connectivity index (χ0n) is 71.5. The van der Waals surface area contributed by atoms with Gasteiger partial charge in [-0.3, -0.25) is 37.3 Å². The lowest BCUT2D eigenvalue weighted by Crippen LogP contribution is -2.30. The number of carbonyl (C=O) groups excluding carboxylic acids is 4. The minimum absolute atomic E-state index is 0.107. The van der Waals surface area contributed by atoms with Gasteiger partial charge in [-0.1, -0.05) is 415 Å². The van der Waals surface area contributed by atoms with Gasteiger partial charge in [-0.05, 0) is 49.4 Å². The van der Waals surface area contributed by atoms with Gasteiger partial charge in [-0.15, -0.1) is 0 Å². The summed E-state index contributed by atoms with van der Waals surface area (Å²) in [7, 11) is -9.93. The van der Waals surface area contributed by atoms with Gasteiger partial charge in [0, 0.05) is 25.7 Å². The number of esters is 4. The Morgan fingerprint density at radius 2 is 0.444 bits per heavy atom. The standard InChI is InChI=1S/C89H174O17P2/c1-9-82(8)68-60-52-44-36-30-24-20-21-27-33-39-47-56-64-72-89(94)106-85(76-100-87(92)70-62-54-48-40-43-51-59-67-81(6)7)78-104-108(97,98)102-74-83(90)73-101-107(95,96)103-77-84(75-99-86(91)69-61-53-45-37-31-25-18-15-14-17-23-29-35-42-50-58-66-80(4)5)105-88(93)71-63-55-46-38-32-26-19-13-11-10-12-16-22-28-34-41-49-57-65-79(2)3/h79-85,90H,9-78H2,1-8H3,(H,95,96)(H,97,98)/t82?,83?,84-,85-/m1/s1. The molecule has 17 nitrogen and oxygen atoms in total. The number of aliphatic hydroxyl groups is 1.